The highest BCUT2D eigenvalue weighted by Crippen LogP contribution is 2.36. The number of nitrogens with one attached hydrogen (secondary N) is 2. The van der Waals surface area contributed by atoms with Gasteiger partial charge in [0.25, 0.3) is 0 Å². The Morgan fingerprint density at radius 3 is 2.82 bits per heavy atom. The molecule has 1 aliphatic heterocycles. The van der Waals surface area contributed by atoms with Gasteiger partial charge >= 0.3 is 0 Å². The van der Waals surface area contributed by atoms with Crippen LogP contribution in [0.3, 0.4) is 0 Å². The van der Waals surface area contributed by atoms with Crippen LogP contribution in [0.4, 0.5) is 0 Å². The van der Waals surface area contributed by atoms with Crippen LogP contribution in [0.15, 0.2) is 16.6 Å². The van der Waals surface area contributed by atoms with Gasteiger partial charge in [-0.2, -0.15) is 0 Å². The first-order valence-corrected chi connectivity index (χ1v) is 6.98. The first-order valence-electron chi connectivity index (χ1n) is 6.18. The lowest BCUT2D eigenvalue weighted by Crippen LogP contribution is -2.13. The number of H-pyrrole nitrogens is 1. The molecule has 2 heterocycles. The van der Waals surface area contributed by atoms with Gasteiger partial charge in [-0.1, -0.05) is 6.07 Å². The Hall–Kier alpha value is -0.800. The predicted molar refractivity (Wildman–Crippen MR) is 75.5 cm³/mol. The molecule has 1 aromatic heterocycles. The quantitative estimate of drug-likeness (QED) is 0.818. The summed E-state index contributed by atoms with van der Waals surface area (Å²) < 4.78 is 1.24. The summed E-state index contributed by atoms with van der Waals surface area (Å²) in [4.78, 5) is 3.58. The molecule has 3 heteroatoms. The zero-order chi connectivity index (χ0) is 12.0. The van der Waals surface area contributed by atoms with Gasteiger partial charge in [0.05, 0.1) is 0 Å². The molecule has 1 aromatic carbocycles. The van der Waals surface area contributed by atoms with Gasteiger partial charge in [-0.3, -0.25) is 0 Å². The SMILES string of the molecule is Cc1cc(C)c2c(Br)c(C3CCCN3)[nH]c2c1. The Bertz CT molecular complexity index is 565. The molecular formula is C14H17BrN2. The second-order valence-corrected chi connectivity index (χ2v) is 5.80. The van der Waals surface area contributed by atoms with E-state index < -0.39 is 0 Å². The average Bonchev–Trinajstić information content (AvgIpc) is 2.85. The van der Waals surface area contributed by atoms with Crippen LogP contribution >= 0.6 is 15.9 Å². The van der Waals surface area contributed by atoms with E-state index in [2.05, 4.69) is 52.2 Å². The van der Waals surface area contributed by atoms with Gasteiger partial charge in [-0.15, -0.1) is 0 Å². The van der Waals surface area contributed by atoms with Crippen molar-refractivity contribution in [3.05, 3.63) is 33.4 Å². The molecule has 1 atom stereocenters. The first-order chi connectivity index (χ1) is 8.16. The normalized spacial score (nSPS) is 20.3. The number of aryl methyl sites for hydroxylation is 2. The van der Waals surface area contributed by atoms with E-state index in [0.717, 1.165) is 6.54 Å². The van der Waals surface area contributed by atoms with Crippen LogP contribution in [0, 0.1) is 13.8 Å². The van der Waals surface area contributed by atoms with Gasteiger partial charge in [0.2, 0.25) is 0 Å². The van der Waals surface area contributed by atoms with Crippen molar-refractivity contribution in [3.63, 3.8) is 0 Å². The molecular weight excluding hydrogens is 276 g/mol. The van der Waals surface area contributed by atoms with Crippen molar-refractivity contribution in [2.75, 3.05) is 6.54 Å². The zero-order valence-electron chi connectivity index (χ0n) is 10.2. The van der Waals surface area contributed by atoms with Crippen LogP contribution in [-0.4, -0.2) is 11.5 Å². The molecule has 0 radical (unpaired) electrons. The minimum atomic E-state index is 0.483. The third kappa shape index (κ3) is 1.81. The van der Waals surface area contributed by atoms with Crippen molar-refractivity contribution in [3.8, 4) is 0 Å². The monoisotopic (exact) mass is 292 g/mol. The third-order valence-electron chi connectivity index (χ3n) is 3.61. The van der Waals surface area contributed by atoms with Crippen LogP contribution in [-0.2, 0) is 0 Å². The van der Waals surface area contributed by atoms with Gasteiger partial charge in [-0.25, -0.2) is 0 Å². The number of hydrogen-bond donors (Lipinski definition) is 2. The molecule has 3 rings (SSSR count). The molecule has 0 aliphatic carbocycles. The minimum absolute atomic E-state index is 0.483. The van der Waals surface area contributed by atoms with Gasteiger partial charge in [-0.05, 0) is 66.4 Å². The molecule has 2 N–H and O–H groups in total. The molecule has 1 unspecified atom stereocenters. The number of hydrogen-bond acceptors (Lipinski definition) is 1. The maximum atomic E-state index is 3.77. The summed E-state index contributed by atoms with van der Waals surface area (Å²) in [6.07, 6.45) is 2.49. The van der Waals surface area contributed by atoms with E-state index in [1.165, 1.54) is 45.0 Å². The van der Waals surface area contributed by atoms with Crippen molar-refractivity contribution in [2.24, 2.45) is 0 Å². The highest BCUT2D eigenvalue weighted by atomic mass is 79.9. The molecule has 2 aromatic rings. The molecule has 1 aliphatic rings. The van der Waals surface area contributed by atoms with Gasteiger partial charge in [0, 0.05) is 27.1 Å². The second kappa shape index (κ2) is 4.14. The topological polar surface area (TPSA) is 27.8 Å². The highest BCUT2D eigenvalue weighted by Gasteiger charge is 2.22. The van der Waals surface area contributed by atoms with E-state index in [1.54, 1.807) is 0 Å². The Balaban J connectivity index is 2.20. The van der Waals surface area contributed by atoms with Crippen LogP contribution in [0.25, 0.3) is 10.9 Å². The highest BCUT2D eigenvalue weighted by molar-refractivity contribution is 9.10. The Morgan fingerprint density at radius 1 is 1.29 bits per heavy atom. The number of benzene rings is 1. The number of aromatic nitrogens is 1. The number of rotatable bonds is 1. The lowest BCUT2D eigenvalue weighted by Gasteiger charge is -2.08. The summed E-state index contributed by atoms with van der Waals surface area (Å²) in [5, 5.41) is 4.88. The summed E-state index contributed by atoms with van der Waals surface area (Å²) in [5.74, 6) is 0. The summed E-state index contributed by atoms with van der Waals surface area (Å²) in [6, 6.07) is 4.95. The van der Waals surface area contributed by atoms with E-state index in [-0.39, 0.29) is 0 Å². The summed E-state index contributed by atoms with van der Waals surface area (Å²) in [5.41, 5.74) is 5.21. The molecule has 0 amide bonds. The lowest BCUT2D eigenvalue weighted by atomic mass is 10.1. The van der Waals surface area contributed by atoms with E-state index in [0.29, 0.717) is 6.04 Å². The Morgan fingerprint density at radius 2 is 2.12 bits per heavy atom. The van der Waals surface area contributed by atoms with Gasteiger partial charge < -0.3 is 10.3 Å². The van der Waals surface area contributed by atoms with E-state index in [9.17, 15) is 0 Å². The molecule has 1 saturated heterocycles. The Kier molecular flexibility index (Phi) is 2.75. The van der Waals surface area contributed by atoms with E-state index in [1.807, 2.05) is 0 Å². The maximum Gasteiger partial charge on any atom is 0.0485 e. The fourth-order valence-electron chi connectivity index (χ4n) is 2.86. The van der Waals surface area contributed by atoms with E-state index >= 15 is 0 Å². The smallest absolute Gasteiger partial charge is 0.0485 e. The summed E-state index contributed by atoms with van der Waals surface area (Å²) in [7, 11) is 0. The molecule has 2 nitrogen and oxygen atoms in total. The van der Waals surface area contributed by atoms with Crippen LogP contribution in [0.2, 0.25) is 0 Å². The fourth-order valence-corrected chi connectivity index (χ4v) is 3.76. The number of aromatic amines is 1. The number of halogens is 1. The summed E-state index contributed by atoms with van der Waals surface area (Å²) in [6.45, 7) is 5.46. The fraction of sp³-hybridized carbons (Fsp3) is 0.429. The van der Waals surface area contributed by atoms with Crippen molar-refractivity contribution in [2.45, 2.75) is 32.7 Å². The third-order valence-corrected chi connectivity index (χ3v) is 4.44. The Labute approximate surface area is 110 Å². The number of fused-ring (bicyclic) bond motifs is 1. The molecule has 0 bridgehead atoms. The van der Waals surface area contributed by atoms with Crippen molar-refractivity contribution in [1.29, 1.82) is 0 Å². The predicted octanol–water partition coefficient (Wildman–Crippen LogP) is 3.97. The van der Waals surface area contributed by atoms with Crippen molar-refractivity contribution >= 4 is 26.8 Å². The first kappa shape index (κ1) is 11.3. The molecule has 0 spiro atoms. The molecule has 90 valence electrons. The average molecular weight is 293 g/mol. The minimum Gasteiger partial charge on any atom is -0.356 e. The molecule has 1 fully saturated rings. The molecule has 17 heavy (non-hydrogen) atoms. The second-order valence-electron chi connectivity index (χ2n) is 5.01. The largest absolute Gasteiger partial charge is 0.356 e. The molecule has 0 saturated carbocycles. The van der Waals surface area contributed by atoms with Crippen LogP contribution in [0.1, 0.15) is 35.7 Å². The van der Waals surface area contributed by atoms with Crippen molar-refractivity contribution in [1.82, 2.24) is 10.3 Å². The van der Waals surface area contributed by atoms with Crippen LogP contribution < -0.4 is 5.32 Å². The van der Waals surface area contributed by atoms with Crippen molar-refractivity contribution < 1.29 is 0 Å². The van der Waals surface area contributed by atoms with Crippen LogP contribution in [0.5, 0.6) is 0 Å². The van der Waals surface area contributed by atoms with Gasteiger partial charge in [0.1, 0.15) is 0 Å². The maximum absolute atomic E-state index is 3.77. The van der Waals surface area contributed by atoms with Gasteiger partial charge in [0.15, 0.2) is 0 Å². The lowest BCUT2D eigenvalue weighted by molar-refractivity contribution is 0.630. The zero-order valence-corrected chi connectivity index (χ0v) is 11.8. The van der Waals surface area contributed by atoms with E-state index in [4.69, 9.17) is 0 Å². The summed E-state index contributed by atoms with van der Waals surface area (Å²) >= 11 is 3.77. The standard InChI is InChI=1S/C14H17BrN2/c1-8-6-9(2)12-11(7-8)17-14(13(12)15)10-4-3-5-16-10/h6-7,10,16-17H,3-5H2,1-2H3.